The summed E-state index contributed by atoms with van der Waals surface area (Å²) in [5, 5.41) is 8.97. The fraction of sp³-hybridized carbons (Fsp3) is 0.423. The Morgan fingerprint density at radius 3 is 2.10 bits per heavy atom. The number of carbonyl (C=O) groups is 3. The van der Waals surface area contributed by atoms with Gasteiger partial charge in [-0.1, -0.05) is 12.1 Å². The van der Waals surface area contributed by atoms with E-state index in [0.717, 1.165) is 12.1 Å². The van der Waals surface area contributed by atoms with Crippen molar-refractivity contribution in [1.82, 2.24) is 5.32 Å². The Bertz CT molecular complexity index is 1150. The average Bonchev–Trinajstić information content (AvgIpc) is 2.79. The molecule has 0 aliphatic carbocycles. The molecule has 1 amide bonds. The van der Waals surface area contributed by atoms with E-state index in [4.69, 9.17) is 14.6 Å². The third kappa shape index (κ3) is 11.4. The molecular weight excluding hydrogens is 550 g/mol. The van der Waals surface area contributed by atoms with Crippen molar-refractivity contribution < 1.29 is 55.3 Å². The topological polar surface area (TPSA) is 105 Å². The van der Waals surface area contributed by atoms with Crippen LogP contribution < -0.4 is 15.0 Å². The third-order valence-electron chi connectivity index (χ3n) is 5.00. The van der Waals surface area contributed by atoms with Gasteiger partial charge in [0, 0.05) is 31.3 Å². The maximum atomic E-state index is 15.4. The van der Waals surface area contributed by atoms with E-state index in [-0.39, 0.29) is 30.6 Å². The molecular formula is C26H30F6N2O6. The Balaban J connectivity index is 0.00000254. The molecule has 0 bridgehead atoms. The van der Waals surface area contributed by atoms with E-state index in [1.54, 1.807) is 20.8 Å². The van der Waals surface area contributed by atoms with Crippen LogP contribution in [0.4, 0.5) is 36.8 Å². The fourth-order valence-electron chi connectivity index (χ4n) is 3.41. The van der Waals surface area contributed by atoms with Crippen LogP contribution >= 0.6 is 0 Å². The molecule has 0 fully saturated rings. The van der Waals surface area contributed by atoms with E-state index in [1.165, 1.54) is 37.1 Å². The molecule has 0 radical (unpaired) electrons. The standard InChI is InChI=1S/C25H28F6N2O4.CH2O2/c1-15-10-21(33(5)13-16-6-8-18(9-7-16)36-25(29,30)31)19(11-20(15)26)24(27,28)12-17(14-34)32-22(35)37-23(2,3)4;2-1-3/h6-11,14,17H,12-13H2,1-5H3,(H,32,35);1H,(H,2,3). The molecule has 40 heavy (non-hydrogen) atoms. The summed E-state index contributed by atoms with van der Waals surface area (Å²) in [7, 11) is 1.45. The summed E-state index contributed by atoms with van der Waals surface area (Å²) < 4.78 is 91.1. The summed E-state index contributed by atoms with van der Waals surface area (Å²) in [6, 6.07) is 5.07. The third-order valence-corrected chi connectivity index (χ3v) is 5.00. The highest BCUT2D eigenvalue weighted by molar-refractivity contribution is 5.73. The van der Waals surface area contributed by atoms with Crippen molar-refractivity contribution in [3.05, 3.63) is 58.9 Å². The van der Waals surface area contributed by atoms with E-state index in [0.29, 0.717) is 11.6 Å². The highest BCUT2D eigenvalue weighted by atomic mass is 19.4. The number of carboxylic acid groups (broad SMARTS) is 1. The Morgan fingerprint density at radius 2 is 1.62 bits per heavy atom. The van der Waals surface area contributed by atoms with Gasteiger partial charge in [-0.3, -0.25) is 4.79 Å². The molecule has 1 atom stereocenters. The van der Waals surface area contributed by atoms with Crippen LogP contribution in [0.5, 0.6) is 5.75 Å². The smallest absolute Gasteiger partial charge is 0.483 e. The molecule has 0 spiro atoms. The maximum Gasteiger partial charge on any atom is 0.573 e. The van der Waals surface area contributed by atoms with Gasteiger partial charge in [-0.15, -0.1) is 13.2 Å². The van der Waals surface area contributed by atoms with Crippen molar-refractivity contribution in [2.45, 2.75) is 64.6 Å². The first-order valence-electron chi connectivity index (χ1n) is 11.6. The summed E-state index contributed by atoms with van der Waals surface area (Å²) in [5.74, 6) is -5.10. The monoisotopic (exact) mass is 580 g/mol. The van der Waals surface area contributed by atoms with Crippen LogP contribution in [0.1, 0.15) is 43.9 Å². The number of ether oxygens (including phenoxy) is 2. The van der Waals surface area contributed by atoms with E-state index in [9.17, 15) is 27.2 Å². The molecule has 0 heterocycles. The molecule has 2 aromatic carbocycles. The Hall–Kier alpha value is -3.97. The lowest BCUT2D eigenvalue weighted by Crippen LogP contribution is -2.42. The second-order valence-corrected chi connectivity index (χ2v) is 9.57. The predicted molar refractivity (Wildman–Crippen MR) is 133 cm³/mol. The number of benzene rings is 2. The van der Waals surface area contributed by atoms with Gasteiger partial charge < -0.3 is 29.6 Å². The van der Waals surface area contributed by atoms with Crippen molar-refractivity contribution in [2.24, 2.45) is 0 Å². The van der Waals surface area contributed by atoms with Gasteiger partial charge in [0.25, 0.3) is 12.4 Å². The average molecular weight is 581 g/mol. The summed E-state index contributed by atoms with van der Waals surface area (Å²) in [5.41, 5.74) is -1.18. The number of rotatable bonds is 9. The van der Waals surface area contributed by atoms with Crippen LogP contribution in [-0.4, -0.2) is 49.0 Å². The summed E-state index contributed by atoms with van der Waals surface area (Å²) in [4.78, 5) is 33.1. The molecule has 1 unspecified atom stereocenters. The minimum absolute atomic E-state index is 0.0201. The second-order valence-electron chi connectivity index (χ2n) is 9.57. The van der Waals surface area contributed by atoms with Gasteiger partial charge in [-0.2, -0.15) is 0 Å². The molecule has 2 N–H and O–H groups in total. The predicted octanol–water partition coefficient (Wildman–Crippen LogP) is 5.94. The molecule has 222 valence electrons. The number of amides is 1. The van der Waals surface area contributed by atoms with Gasteiger partial charge in [-0.25, -0.2) is 18.0 Å². The Kier molecular flexibility index (Phi) is 11.8. The van der Waals surface area contributed by atoms with E-state index < -0.39 is 53.6 Å². The number of halogens is 6. The molecule has 14 heteroatoms. The highest BCUT2D eigenvalue weighted by Crippen LogP contribution is 2.40. The fourth-order valence-corrected chi connectivity index (χ4v) is 3.41. The number of aldehydes is 1. The SMILES string of the molecule is Cc1cc(N(C)Cc2ccc(OC(F)(F)F)cc2)c(C(F)(F)CC(C=O)NC(=O)OC(C)(C)C)cc1F.O=CO. The van der Waals surface area contributed by atoms with Crippen LogP contribution in [0.3, 0.4) is 0 Å². The number of nitrogens with zero attached hydrogens (tertiary/aromatic N) is 1. The number of anilines is 1. The summed E-state index contributed by atoms with van der Waals surface area (Å²) in [6.07, 6.45) is -6.95. The van der Waals surface area contributed by atoms with Crippen molar-refractivity contribution in [3.63, 3.8) is 0 Å². The molecule has 0 aliphatic rings. The number of hydrogen-bond acceptors (Lipinski definition) is 6. The lowest BCUT2D eigenvalue weighted by molar-refractivity contribution is -0.274. The van der Waals surface area contributed by atoms with Crippen molar-refractivity contribution in [1.29, 1.82) is 0 Å². The van der Waals surface area contributed by atoms with Gasteiger partial charge in [0.1, 0.15) is 23.5 Å². The van der Waals surface area contributed by atoms with Gasteiger partial charge in [0.2, 0.25) is 0 Å². The van der Waals surface area contributed by atoms with Crippen LogP contribution in [0.25, 0.3) is 0 Å². The molecule has 8 nitrogen and oxygen atoms in total. The zero-order chi connectivity index (χ0) is 30.9. The van der Waals surface area contributed by atoms with Gasteiger partial charge in [0.05, 0.1) is 6.04 Å². The van der Waals surface area contributed by atoms with Crippen LogP contribution in [-0.2, 0) is 26.8 Å². The lowest BCUT2D eigenvalue weighted by Gasteiger charge is -2.29. The lowest BCUT2D eigenvalue weighted by atomic mass is 9.97. The van der Waals surface area contributed by atoms with Crippen LogP contribution in [0.15, 0.2) is 36.4 Å². The number of hydrogen-bond donors (Lipinski definition) is 2. The molecule has 0 aromatic heterocycles. The first-order chi connectivity index (χ1) is 18.3. The number of aryl methyl sites for hydroxylation is 1. The quantitative estimate of drug-likeness (QED) is 0.279. The number of carbonyl (C=O) groups excluding carboxylic acids is 2. The molecule has 0 saturated carbocycles. The number of alkyl carbamates (subject to hydrolysis) is 1. The maximum absolute atomic E-state index is 15.4. The zero-order valence-electron chi connectivity index (χ0n) is 22.3. The van der Waals surface area contributed by atoms with E-state index >= 15 is 8.78 Å². The van der Waals surface area contributed by atoms with Crippen molar-refractivity contribution >= 4 is 24.5 Å². The van der Waals surface area contributed by atoms with Crippen molar-refractivity contribution in [3.8, 4) is 5.75 Å². The second kappa shape index (κ2) is 13.9. The number of alkyl halides is 5. The minimum atomic E-state index is -4.86. The molecule has 2 rings (SSSR count). The molecule has 0 aliphatic heterocycles. The zero-order valence-corrected chi connectivity index (χ0v) is 22.3. The minimum Gasteiger partial charge on any atom is -0.483 e. The van der Waals surface area contributed by atoms with Crippen molar-refractivity contribution in [2.75, 3.05) is 11.9 Å². The Morgan fingerprint density at radius 1 is 1.07 bits per heavy atom. The first kappa shape index (κ1) is 34.1. The van der Waals surface area contributed by atoms with E-state index in [2.05, 4.69) is 10.1 Å². The van der Waals surface area contributed by atoms with Gasteiger partial charge in [0.15, 0.2) is 0 Å². The normalized spacial score (nSPS) is 12.4. The van der Waals surface area contributed by atoms with Gasteiger partial charge >= 0.3 is 12.5 Å². The van der Waals surface area contributed by atoms with E-state index in [1.807, 2.05) is 0 Å². The first-order valence-corrected chi connectivity index (χ1v) is 11.6. The Labute approximate surface area is 226 Å². The molecule has 0 saturated heterocycles. The largest absolute Gasteiger partial charge is 0.573 e. The number of nitrogens with one attached hydrogen (secondary N) is 1. The molecule has 2 aromatic rings. The van der Waals surface area contributed by atoms with Crippen LogP contribution in [0.2, 0.25) is 0 Å². The highest BCUT2D eigenvalue weighted by Gasteiger charge is 2.39. The summed E-state index contributed by atoms with van der Waals surface area (Å²) >= 11 is 0. The van der Waals surface area contributed by atoms with Gasteiger partial charge in [-0.05, 0) is 63.1 Å². The van der Waals surface area contributed by atoms with Crippen LogP contribution in [0, 0.1) is 12.7 Å². The summed E-state index contributed by atoms with van der Waals surface area (Å²) in [6.45, 7) is 5.80.